The number of urea groups is 1. The lowest BCUT2D eigenvalue weighted by Gasteiger charge is -2.17. The molecule has 0 aromatic carbocycles. The van der Waals surface area contributed by atoms with Gasteiger partial charge in [-0.1, -0.05) is 13.8 Å². The smallest absolute Gasteiger partial charge is 0.314 e. The number of amides is 2. The van der Waals surface area contributed by atoms with Gasteiger partial charge in [-0.25, -0.2) is 4.79 Å². The van der Waals surface area contributed by atoms with Gasteiger partial charge in [-0.05, 0) is 44.2 Å². The minimum absolute atomic E-state index is 0.120. The van der Waals surface area contributed by atoms with Gasteiger partial charge in [-0.15, -0.1) is 0 Å². The Hall–Kier alpha value is -1.49. The average Bonchev–Trinajstić information content (AvgIpc) is 2.81. The molecular weight excluding hydrogens is 266 g/mol. The molecule has 1 aromatic heterocycles. The SMILES string of the molecule is CC(CCc1cccn1C)NC(=O)NCCC(O)C(C)C. The molecule has 0 bridgehead atoms. The van der Waals surface area contributed by atoms with E-state index < -0.39 is 0 Å². The van der Waals surface area contributed by atoms with Gasteiger partial charge in [-0.2, -0.15) is 0 Å². The topological polar surface area (TPSA) is 66.3 Å². The number of aliphatic hydroxyl groups is 1. The fourth-order valence-electron chi connectivity index (χ4n) is 2.13. The molecular formula is C16H29N3O2. The number of nitrogens with zero attached hydrogens (tertiary/aromatic N) is 1. The third kappa shape index (κ3) is 6.67. The van der Waals surface area contributed by atoms with Gasteiger partial charge in [0, 0.05) is 31.5 Å². The summed E-state index contributed by atoms with van der Waals surface area (Å²) in [5.41, 5.74) is 1.27. The Morgan fingerprint density at radius 1 is 1.33 bits per heavy atom. The molecule has 0 aliphatic rings. The third-order valence-corrected chi connectivity index (χ3v) is 3.76. The second-order valence-corrected chi connectivity index (χ2v) is 6.05. The van der Waals surface area contributed by atoms with Crippen molar-refractivity contribution in [3.05, 3.63) is 24.0 Å². The minimum Gasteiger partial charge on any atom is -0.393 e. The van der Waals surface area contributed by atoms with Crippen LogP contribution in [-0.2, 0) is 13.5 Å². The van der Waals surface area contributed by atoms with E-state index in [1.165, 1.54) is 5.69 Å². The first-order valence-electron chi connectivity index (χ1n) is 7.72. The fraction of sp³-hybridized carbons (Fsp3) is 0.688. The van der Waals surface area contributed by atoms with Gasteiger partial charge in [0.05, 0.1) is 6.10 Å². The molecule has 5 heteroatoms. The maximum absolute atomic E-state index is 11.7. The highest BCUT2D eigenvalue weighted by Crippen LogP contribution is 2.06. The van der Waals surface area contributed by atoms with E-state index in [0.29, 0.717) is 13.0 Å². The van der Waals surface area contributed by atoms with Crippen LogP contribution in [0, 0.1) is 5.92 Å². The average molecular weight is 295 g/mol. The van der Waals surface area contributed by atoms with Gasteiger partial charge in [0.2, 0.25) is 0 Å². The van der Waals surface area contributed by atoms with Crippen LogP contribution in [0.4, 0.5) is 4.79 Å². The molecule has 0 spiro atoms. The van der Waals surface area contributed by atoms with Crippen LogP contribution < -0.4 is 10.6 Å². The number of hydrogen-bond acceptors (Lipinski definition) is 2. The molecule has 1 rings (SSSR count). The number of carbonyl (C=O) groups excluding carboxylic acids is 1. The maximum Gasteiger partial charge on any atom is 0.314 e. The van der Waals surface area contributed by atoms with E-state index >= 15 is 0 Å². The summed E-state index contributed by atoms with van der Waals surface area (Å²) in [5.74, 6) is 0.221. The Kier molecular flexibility index (Phi) is 7.29. The molecule has 0 radical (unpaired) electrons. The third-order valence-electron chi connectivity index (χ3n) is 3.76. The molecule has 2 atom stereocenters. The molecule has 1 aromatic rings. The second kappa shape index (κ2) is 8.72. The van der Waals surface area contributed by atoms with Crippen molar-refractivity contribution in [2.24, 2.45) is 13.0 Å². The summed E-state index contributed by atoms with van der Waals surface area (Å²) in [5, 5.41) is 15.4. The van der Waals surface area contributed by atoms with Crippen LogP contribution in [0.2, 0.25) is 0 Å². The molecule has 1 heterocycles. The van der Waals surface area contributed by atoms with Crippen LogP contribution in [0.5, 0.6) is 0 Å². The van der Waals surface area contributed by atoms with Crippen molar-refractivity contribution in [1.82, 2.24) is 15.2 Å². The van der Waals surface area contributed by atoms with Crippen molar-refractivity contribution in [1.29, 1.82) is 0 Å². The summed E-state index contributed by atoms with van der Waals surface area (Å²) in [6.45, 7) is 6.44. The van der Waals surface area contributed by atoms with Crippen LogP contribution in [0.15, 0.2) is 18.3 Å². The van der Waals surface area contributed by atoms with E-state index in [0.717, 1.165) is 12.8 Å². The first-order chi connectivity index (χ1) is 9.90. The first kappa shape index (κ1) is 17.6. The monoisotopic (exact) mass is 295 g/mol. The van der Waals surface area contributed by atoms with E-state index in [2.05, 4.69) is 21.3 Å². The van der Waals surface area contributed by atoms with Gasteiger partial charge < -0.3 is 20.3 Å². The number of aliphatic hydroxyl groups excluding tert-OH is 1. The second-order valence-electron chi connectivity index (χ2n) is 6.05. The predicted molar refractivity (Wildman–Crippen MR) is 85.2 cm³/mol. The summed E-state index contributed by atoms with van der Waals surface area (Å²) in [7, 11) is 2.03. The van der Waals surface area contributed by atoms with Crippen molar-refractivity contribution >= 4 is 6.03 Å². The van der Waals surface area contributed by atoms with Crippen molar-refractivity contribution < 1.29 is 9.90 Å². The molecule has 0 aliphatic carbocycles. The molecule has 0 fully saturated rings. The summed E-state index contributed by atoms with van der Waals surface area (Å²) in [6, 6.07) is 4.08. The molecule has 21 heavy (non-hydrogen) atoms. The molecule has 3 N–H and O–H groups in total. The predicted octanol–water partition coefficient (Wildman–Crippen LogP) is 2.05. The number of rotatable bonds is 8. The van der Waals surface area contributed by atoms with Crippen molar-refractivity contribution in [3.8, 4) is 0 Å². The quantitative estimate of drug-likeness (QED) is 0.687. The Balaban J connectivity index is 2.17. The minimum atomic E-state index is -0.361. The van der Waals surface area contributed by atoms with Crippen molar-refractivity contribution in [3.63, 3.8) is 0 Å². The normalized spacial score (nSPS) is 14.0. The molecule has 0 aliphatic heterocycles. The van der Waals surface area contributed by atoms with Gasteiger partial charge in [0.1, 0.15) is 0 Å². The lowest BCUT2D eigenvalue weighted by Crippen LogP contribution is -2.42. The first-order valence-corrected chi connectivity index (χ1v) is 7.72. The van der Waals surface area contributed by atoms with Crippen LogP contribution in [-0.4, -0.2) is 34.4 Å². The fourth-order valence-corrected chi connectivity index (χ4v) is 2.13. The summed E-state index contributed by atoms with van der Waals surface area (Å²) in [6.07, 6.45) is 4.10. The highest BCUT2D eigenvalue weighted by Gasteiger charge is 2.11. The summed E-state index contributed by atoms with van der Waals surface area (Å²) < 4.78 is 2.10. The molecule has 120 valence electrons. The zero-order chi connectivity index (χ0) is 15.8. The largest absolute Gasteiger partial charge is 0.393 e. The standard InChI is InChI=1S/C16H29N3O2/c1-12(2)15(20)9-10-17-16(21)18-13(3)7-8-14-6-5-11-19(14)4/h5-6,11-13,15,20H,7-10H2,1-4H3,(H2,17,18,21). The van der Waals surface area contributed by atoms with Gasteiger partial charge in [0.25, 0.3) is 0 Å². The van der Waals surface area contributed by atoms with E-state index in [1.807, 2.05) is 40.1 Å². The zero-order valence-electron chi connectivity index (χ0n) is 13.6. The maximum atomic E-state index is 11.7. The summed E-state index contributed by atoms with van der Waals surface area (Å²) >= 11 is 0. The Bertz CT molecular complexity index is 429. The van der Waals surface area contributed by atoms with Crippen LogP contribution in [0.3, 0.4) is 0 Å². The Morgan fingerprint density at radius 2 is 2.05 bits per heavy atom. The van der Waals surface area contributed by atoms with Crippen LogP contribution >= 0.6 is 0 Å². The molecule has 2 amide bonds. The number of hydrogen-bond donors (Lipinski definition) is 3. The van der Waals surface area contributed by atoms with E-state index in [-0.39, 0.29) is 24.1 Å². The highest BCUT2D eigenvalue weighted by atomic mass is 16.3. The summed E-state index contributed by atoms with van der Waals surface area (Å²) in [4.78, 5) is 11.7. The Morgan fingerprint density at radius 3 is 2.62 bits per heavy atom. The van der Waals surface area contributed by atoms with Gasteiger partial charge in [-0.3, -0.25) is 0 Å². The Labute approximate surface area is 127 Å². The van der Waals surface area contributed by atoms with E-state index in [9.17, 15) is 9.90 Å². The zero-order valence-corrected chi connectivity index (χ0v) is 13.6. The van der Waals surface area contributed by atoms with Gasteiger partial charge in [0.15, 0.2) is 0 Å². The van der Waals surface area contributed by atoms with Crippen LogP contribution in [0.1, 0.15) is 39.3 Å². The molecule has 0 saturated carbocycles. The van der Waals surface area contributed by atoms with E-state index in [4.69, 9.17) is 0 Å². The lowest BCUT2D eigenvalue weighted by molar-refractivity contribution is 0.116. The highest BCUT2D eigenvalue weighted by molar-refractivity contribution is 5.74. The van der Waals surface area contributed by atoms with Crippen LogP contribution in [0.25, 0.3) is 0 Å². The van der Waals surface area contributed by atoms with Crippen molar-refractivity contribution in [2.75, 3.05) is 6.54 Å². The number of carbonyl (C=O) groups is 1. The molecule has 0 saturated heterocycles. The molecule has 2 unspecified atom stereocenters. The number of aromatic nitrogens is 1. The molecule has 5 nitrogen and oxygen atoms in total. The number of nitrogens with one attached hydrogen (secondary N) is 2. The number of aryl methyl sites for hydroxylation is 2. The van der Waals surface area contributed by atoms with Gasteiger partial charge >= 0.3 is 6.03 Å². The lowest BCUT2D eigenvalue weighted by atomic mass is 10.0. The van der Waals surface area contributed by atoms with E-state index in [1.54, 1.807) is 0 Å². The van der Waals surface area contributed by atoms with Crippen molar-refractivity contribution in [2.45, 2.75) is 52.2 Å².